The molecule has 0 unspecified atom stereocenters. The number of rotatable bonds is 10. The van der Waals surface area contributed by atoms with Gasteiger partial charge in [-0.3, -0.25) is 14.7 Å². The van der Waals surface area contributed by atoms with Gasteiger partial charge in [-0.05, 0) is 68.1 Å². The van der Waals surface area contributed by atoms with Crippen molar-refractivity contribution >= 4 is 5.97 Å². The van der Waals surface area contributed by atoms with E-state index >= 15 is 0 Å². The molecule has 166 valence electrons. The van der Waals surface area contributed by atoms with Gasteiger partial charge < -0.3 is 9.84 Å². The number of fused-ring (bicyclic) bond motifs is 1. The third kappa shape index (κ3) is 5.62. The maximum absolute atomic E-state index is 11.4. The number of ether oxygens (including phenoxy) is 1. The average Bonchev–Trinajstić information content (AvgIpc) is 2.76. The highest BCUT2D eigenvalue weighted by atomic mass is 16.5. The maximum Gasteiger partial charge on any atom is 0.305 e. The summed E-state index contributed by atoms with van der Waals surface area (Å²) in [7, 11) is 1.58. The summed E-state index contributed by atoms with van der Waals surface area (Å²) in [4.78, 5) is 22.8. The van der Waals surface area contributed by atoms with E-state index in [0.29, 0.717) is 11.8 Å². The van der Waals surface area contributed by atoms with Crippen LogP contribution in [0.5, 0.6) is 5.88 Å². The van der Waals surface area contributed by atoms with Gasteiger partial charge in [-0.25, -0.2) is 4.98 Å². The molecule has 0 radical (unpaired) electrons. The molecule has 6 nitrogen and oxygen atoms in total. The van der Waals surface area contributed by atoms with Crippen molar-refractivity contribution < 1.29 is 14.6 Å². The van der Waals surface area contributed by atoms with Crippen molar-refractivity contribution in [1.82, 2.24) is 14.9 Å². The fourth-order valence-corrected chi connectivity index (χ4v) is 4.89. The van der Waals surface area contributed by atoms with Gasteiger partial charge in [-0.15, -0.1) is 0 Å². The van der Waals surface area contributed by atoms with Crippen LogP contribution in [0.25, 0.3) is 0 Å². The summed E-state index contributed by atoms with van der Waals surface area (Å²) in [6.07, 6.45) is 11.4. The first-order chi connectivity index (χ1) is 15.1. The molecule has 1 N–H and O–H groups in total. The van der Waals surface area contributed by atoms with Crippen molar-refractivity contribution in [3.8, 4) is 5.88 Å². The van der Waals surface area contributed by atoms with Gasteiger partial charge in [-0.1, -0.05) is 18.6 Å². The molecule has 1 aliphatic heterocycles. The summed E-state index contributed by atoms with van der Waals surface area (Å²) in [6, 6.07) is 8.12. The minimum atomic E-state index is -0.776. The molecule has 2 aliphatic rings. The molecule has 2 aromatic rings. The lowest BCUT2D eigenvalue weighted by Crippen LogP contribution is -2.48. The second-order valence-corrected chi connectivity index (χ2v) is 8.93. The number of hydrogen-bond acceptors (Lipinski definition) is 5. The van der Waals surface area contributed by atoms with Crippen LogP contribution in [0.1, 0.15) is 67.1 Å². The maximum atomic E-state index is 11.4. The first-order valence-corrected chi connectivity index (χ1v) is 11.6. The topological polar surface area (TPSA) is 75.6 Å². The normalized spacial score (nSPS) is 17.6. The first-order valence-electron chi connectivity index (χ1n) is 11.6. The molecule has 0 amide bonds. The van der Waals surface area contributed by atoms with E-state index in [4.69, 9.17) is 9.72 Å². The molecule has 0 spiro atoms. The van der Waals surface area contributed by atoms with Crippen LogP contribution in [0.15, 0.2) is 30.5 Å². The van der Waals surface area contributed by atoms with Gasteiger partial charge in [0.15, 0.2) is 0 Å². The Labute approximate surface area is 184 Å². The van der Waals surface area contributed by atoms with Crippen LogP contribution < -0.4 is 4.74 Å². The van der Waals surface area contributed by atoms with Gasteiger partial charge in [0.1, 0.15) is 0 Å². The summed E-state index contributed by atoms with van der Waals surface area (Å²) in [5.41, 5.74) is 4.97. The summed E-state index contributed by atoms with van der Waals surface area (Å²) < 4.78 is 5.12. The third-order valence-corrected chi connectivity index (χ3v) is 6.68. The Balaban J connectivity index is 1.22. The quantitative estimate of drug-likeness (QED) is 0.577. The number of aryl methyl sites for hydroxylation is 3. The van der Waals surface area contributed by atoms with E-state index in [9.17, 15) is 9.90 Å². The van der Waals surface area contributed by atoms with Crippen LogP contribution in [0.2, 0.25) is 0 Å². The highest BCUT2D eigenvalue weighted by molar-refractivity contribution is 5.68. The van der Waals surface area contributed by atoms with Gasteiger partial charge in [0, 0.05) is 42.8 Å². The summed E-state index contributed by atoms with van der Waals surface area (Å²) in [5.74, 6) is 0.425. The minimum Gasteiger partial charge on any atom is -0.481 e. The van der Waals surface area contributed by atoms with Crippen molar-refractivity contribution in [3.63, 3.8) is 0 Å². The molecular formula is C25H33N3O3. The van der Waals surface area contributed by atoms with E-state index in [1.54, 1.807) is 19.4 Å². The van der Waals surface area contributed by atoms with E-state index in [2.05, 4.69) is 22.0 Å². The smallest absolute Gasteiger partial charge is 0.305 e. The summed E-state index contributed by atoms with van der Waals surface area (Å²) in [5, 5.41) is 9.36. The Kier molecular flexibility index (Phi) is 7.17. The first kappa shape index (κ1) is 21.8. The number of carboxylic acids is 1. The van der Waals surface area contributed by atoms with Gasteiger partial charge in [0.25, 0.3) is 0 Å². The molecule has 0 bridgehead atoms. The Hall–Kier alpha value is -2.47. The zero-order chi connectivity index (χ0) is 21.6. The minimum absolute atomic E-state index is 0.102. The summed E-state index contributed by atoms with van der Waals surface area (Å²) in [6.45, 7) is 1.92. The Morgan fingerprint density at radius 2 is 2.03 bits per heavy atom. The number of pyridine rings is 2. The fourth-order valence-electron chi connectivity index (χ4n) is 4.89. The van der Waals surface area contributed by atoms with E-state index in [1.165, 1.54) is 55.5 Å². The second-order valence-electron chi connectivity index (χ2n) is 8.93. The zero-order valence-corrected chi connectivity index (χ0v) is 18.4. The SMILES string of the molecule is COc1ccc([C@H](CC(=O)O)N2CC(CCCCc3ccc4c(n3)CCCC4)C2)cn1. The molecule has 1 fully saturated rings. The molecule has 31 heavy (non-hydrogen) atoms. The molecule has 0 saturated carbocycles. The van der Waals surface area contributed by atoms with Gasteiger partial charge in [0.2, 0.25) is 5.88 Å². The molecule has 1 aliphatic carbocycles. The Morgan fingerprint density at radius 3 is 2.77 bits per heavy atom. The lowest BCUT2D eigenvalue weighted by atomic mass is 9.89. The molecular weight excluding hydrogens is 390 g/mol. The van der Waals surface area contributed by atoms with Crippen LogP contribution in [-0.4, -0.2) is 46.1 Å². The van der Waals surface area contributed by atoms with Crippen LogP contribution in [0.4, 0.5) is 0 Å². The predicted octanol–water partition coefficient (Wildman–Crippen LogP) is 4.22. The van der Waals surface area contributed by atoms with Crippen molar-refractivity contribution in [2.24, 2.45) is 5.92 Å². The standard InChI is InChI=1S/C25H33N3O3/c1-31-24-13-11-20(15-26-24)23(14-25(29)30)28-16-18(17-28)6-2-4-8-21-12-10-19-7-3-5-9-22(19)27-21/h10-13,15,18,23H,2-9,14,16-17H2,1H3,(H,29,30)/t23-/m0/s1. The molecule has 6 heteroatoms. The second kappa shape index (κ2) is 10.2. The number of hydrogen-bond donors (Lipinski definition) is 1. The van der Waals surface area contributed by atoms with Crippen molar-refractivity contribution in [2.45, 2.75) is 63.8 Å². The number of aromatic nitrogens is 2. The van der Waals surface area contributed by atoms with E-state index in [-0.39, 0.29) is 12.5 Å². The highest BCUT2D eigenvalue weighted by Gasteiger charge is 2.34. The Morgan fingerprint density at radius 1 is 1.19 bits per heavy atom. The number of methoxy groups -OCH3 is 1. The number of nitrogens with zero attached hydrogens (tertiary/aromatic N) is 3. The molecule has 1 saturated heterocycles. The average molecular weight is 424 g/mol. The largest absolute Gasteiger partial charge is 0.481 e. The fraction of sp³-hybridized carbons (Fsp3) is 0.560. The summed E-state index contributed by atoms with van der Waals surface area (Å²) >= 11 is 0. The van der Waals surface area contributed by atoms with Crippen molar-refractivity contribution in [1.29, 1.82) is 0 Å². The Bertz CT molecular complexity index is 878. The van der Waals surface area contributed by atoms with E-state index in [1.807, 2.05) is 6.07 Å². The van der Waals surface area contributed by atoms with E-state index < -0.39 is 5.97 Å². The number of carboxylic acid groups (broad SMARTS) is 1. The predicted molar refractivity (Wildman–Crippen MR) is 119 cm³/mol. The number of likely N-dealkylation sites (tertiary alicyclic amines) is 1. The number of carbonyl (C=O) groups is 1. The zero-order valence-electron chi connectivity index (χ0n) is 18.4. The van der Waals surface area contributed by atoms with Crippen LogP contribution >= 0.6 is 0 Å². The number of aliphatic carboxylic acids is 1. The lowest BCUT2D eigenvalue weighted by molar-refractivity contribution is -0.139. The van der Waals surface area contributed by atoms with Crippen LogP contribution in [0.3, 0.4) is 0 Å². The monoisotopic (exact) mass is 423 g/mol. The number of unbranched alkanes of at least 4 members (excludes halogenated alkanes) is 1. The van der Waals surface area contributed by atoms with Crippen LogP contribution in [-0.2, 0) is 24.1 Å². The van der Waals surface area contributed by atoms with E-state index in [0.717, 1.165) is 31.5 Å². The molecule has 0 aromatic carbocycles. The van der Waals surface area contributed by atoms with Gasteiger partial charge >= 0.3 is 5.97 Å². The van der Waals surface area contributed by atoms with Gasteiger partial charge in [0.05, 0.1) is 13.5 Å². The highest BCUT2D eigenvalue weighted by Crippen LogP contribution is 2.33. The lowest BCUT2D eigenvalue weighted by Gasteiger charge is -2.44. The molecule has 3 heterocycles. The molecule has 1 atom stereocenters. The molecule has 4 rings (SSSR count). The van der Waals surface area contributed by atoms with Crippen LogP contribution in [0, 0.1) is 5.92 Å². The van der Waals surface area contributed by atoms with Crippen molar-refractivity contribution in [3.05, 3.63) is 53.0 Å². The van der Waals surface area contributed by atoms with Crippen molar-refractivity contribution in [2.75, 3.05) is 20.2 Å². The third-order valence-electron chi connectivity index (χ3n) is 6.68. The van der Waals surface area contributed by atoms with Gasteiger partial charge in [-0.2, -0.15) is 0 Å². The molecule has 2 aromatic heterocycles.